The topological polar surface area (TPSA) is 64.8 Å². The van der Waals surface area contributed by atoms with Crippen LogP contribution in [0.3, 0.4) is 0 Å². The lowest BCUT2D eigenvalue weighted by Gasteiger charge is -2.24. The Labute approximate surface area is 147 Å². The lowest BCUT2D eigenvalue weighted by molar-refractivity contribution is 0.0724. The summed E-state index contributed by atoms with van der Waals surface area (Å²) in [5.74, 6) is 1.80. The highest BCUT2D eigenvalue weighted by Crippen LogP contribution is 2.37. The van der Waals surface area contributed by atoms with Crippen LogP contribution in [0.2, 0.25) is 0 Å². The Balaban J connectivity index is 1.91. The Morgan fingerprint density at radius 2 is 2.04 bits per heavy atom. The van der Waals surface area contributed by atoms with Crippen LogP contribution in [0.15, 0.2) is 28.8 Å². The van der Waals surface area contributed by atoms with Crippen LogP contribution in [0, 0.1) is 0 Å². The van der Waals surface area contributed by atoms with Crippen molar-refractivity contribution in [3.05, 3.63) is 41.3 Å². The number of carbonyl (C=O) groups is 1. The van der Waals surface area contributed by atoms with Crippen molar-refractivity contribution in [3.8, 4) is 11.5 Å². The summed E-state index contributed by atoms with van der Waals surface area (Å²) in [4.78, 5) is 15.1. The largest absolute Gasteiger partial charge is 0.496 e. The molecule has 0 aliphatic carbocycles. The quantitative estimate of drug-likeness (QED) is 0.801. The standard InChI is InChI=1S/C19H24N2O4/c1-4-7-13-12-14(20-25-13)15-8-6-11-21(15)19(22)18-16(23-2)9-5-10-17(18)24-3/h5,9-10,12,15H,4,6-8,11H2,1-3H3/t15-/m1/s1. The molecule has 6 heteroatoms. The van der Waals surface area contributed by atoms with E-state index in [-0.39, 0.29) is 11.9 Å². The summed E-state index contributed by atoms with van der Waals surface area (Å²) in [6.45, 7) is 2.78. The van der Waals surface area contributed by atoms with Gasteiger partial charge in [-0.3, -0.25) is 4.79 Å². The van der Waals surface area contributed by atoms with Crippen molar-refractivity contribution in [1.29, 1.82) is 0 Å². The molecule has 1 aromatic carbocycles. The zero-order valence-electron chi connectivity index (χ0n) is 14.9. The Bertz CT molecular complexity index is 719. The van der Waals surface area contributed by atoms with Gasteiger partial charge in [-0.15, -0.1) is 0 Å². The number of carbonyl (C=O) groups excluding carboxylic acids is 1. The molecule has 1 aliphatic heterocycles. The van der Waals surface area contributed by atoms with E-state index in [2.05, 4.69) is 12.1 Å². The van der Waals surface area contributed by atoms with E-state index < -0.39 is 0 Å². The van der Waals surface area contributed by atoms with Crippen LogP contribution in [0.4, 0.5) is 0 Å². The number of likely N-dealkylation sites (tertiary alicyclic amines) is 1. The van der Waals surface area contributed by atoms with E-state index in [1.54, 1.807) is 26.4 Å². The predicted molar refractivity (Wildman–Crippen MR) is 93.1 cm³/mol. The zero-order chi connectivity index (χ0) is 17.8. The summed E-state index contributed by atoms with van der Waals surface area (Å²) in [7, 11) is 3.11. The summed E-state index contributed by atoms with van der Waals surface area (Å²) >= 11 is 0. The minimum atomic E-state index is -0.100. The molecule has 1 fully saturated rings. The Morgan fingerprint density at radius 3 is 2.68 bits per heavy atom. The SMILES string of the molecule is CCCc1cc([C@H]2CCCN2C(=O)c2c(OC)cccc2OC)no1. The number of amides is 1. The molecule has 2 heterocycles. The van der Waals surface area contributed by atoms with E-state index in [1.807, 2.05) is 17.0 Å². The van der Waals surface area contributed by atoms with Crippen molar-refractivity contribution in [2.45, 2.75) is 38.6 Å². The second kappa shape index (κ2) is 7.59. The molecular weight excluding hydrogens is 320 g/mol. The highest BCUT2D eigenvalue weighted by Gasteiger charge is 2.35. The highest BCUT2D eigenvalue weighted by molar-refractivity contribution is 6.00. The fourth-order valence-electron chi connectivity index (χ4n) is 3.37. The van der Waals surface area contributed by atoms with Gasteiger partial charge in [-0.1, -0.05) is 18.1 Å². The first-order valence-electron chi connectivity index (χ1n) is 8.67. The third kappa shape index (κ3) is 3.34. The summed E-state index contributed by atoms with van der Waals surface area (Å²) in [6, 6.07) is 7.26. The molecule has 0 unspecified atom stereocenters. The summed E-state index contributed by atoms with van der Waals surface area (Å²) < 4.78 is 16.2. The molecule has 1 amide bonds. The van der Waals surface area contributed by atoms with Crippen molar-refractivity contribution in [2.24, 2.45) is 0 Å². The van der Waals surface area contributed by atoms with Gasteiger partial charge in [-0.05, 0) is 31.4 Å². The van der Waals surface area contributed by atoms with Crippen LogP contribution in [-0.2, 0) is 6.42 Å². The van der Waals surface area contributed by atoms with Crippen LogP contribution < -0.4 is 9.47 Å². The summed E-state index contributed by atoms with van der Waals surface area (Å²) in [5, 5.41) is 4.20. The van der Waals surface area contributed by atoms with Crippen LogP contribution in [0.1, 0.15) is 54.0 Å². The Hall–Kier alpha value is -2.50. The van der Waals surface area contributed by atoms with Crippen molar-refractivity contribution in [3.63, 3.8) is 0 Å². The summed E-state index contributed by atoms with van der Waals surface area (Å²) in [5.41, 5.74) is 1.28. The van der Waals surface area contributed by atoms with E-state index in [0.717, 1.165) is 37.1 Å². The van der Waals surface area contributed by atoms with Crippen molar-refractivity contribution in [2.75, 3.05) is 20.8 Å². The minimum Gasteiger partial charge on any atom is -0.496 e. The molecule has 6 nitrogen and oxygen atoms in total. The molecule has 0 radical (unpaired) electrons. The van der Waals surface area contributed by atoms with Gasteiger partial charge in [-0.25, -0.2) is 0 Å². The maximum absolute atomic E-state index is 13.2. The number of aryl methyl sites for hydroxylation is 1. The van der Waals surface area contributed by atoms with E-state index in [9.17, 15) is 4.79 Å². The van der Waals surface area contributed by atoms with Gasteiger partial charge < -0.3 is 18.9 Å². The monoisotopic (exact) mass is 344 g/mol. The lowest BCUT2D eigenvalue weighted by Crippen LogP contribution is -2.31. The number of benzene rings is 1. The number of nitrogens with zero attached hydrogens (tertiary/aromatic N) is 2. The average Bonchev–Trinajstić information content (AvgIpc) is 3.29. The molecule has 1 aliphatic rings. The first kappa shape index (κ1) is 17.3. The molecule has 0 spiro atoms. The minimum absolute atomic E-state index is 0.0727. The lowest BCUT2D eigenvalue weighted by atomic mass is 10.1. The third-order valence-corrected chi connectivity index (χ3v) is 4.57. The molecular formula is C19H24N2O4. The molecule has 134 valence electrons. The average molecular weight is 344 g/mol. The first-order valence-corrected chi connectivity index (χ1v) is 8.67. The number of aromatic nitrogens is 1. The Kier molecular flexibility index (Phi) is 5.26. The van der Waals surface area contributed by atoms with E-state index in [0.29, 0.717) is 23.6 Å². The van der Waals surface area contributed by atoms with E-state index >= 15 is 0 Å². The second-order valence-corrected chi connectivity index (χ2v) is 6.16. The number of rotatable bonds is 6. The van der Waals surface area contributed by atoms with Gasteiger partial charge in [0, 0.05) is 19.0 Å². The molecule has 3 rings (SSSR count). The van der Waals surface area contributed by atoms with E-state index in [1.165, 1.54) is 0 Å². The van der Waals surface area contributed by atoms with Gasteiger partial charge in [0.25, 0.3) is 5.91 Å². The molecule has 0 N–H and O–H groups in total. The molecule has 0 saturated carbocycles. The molecule has 25 heavy (non-hydrogen) atoms. The van der Waals surface area contributed by atoms with Gasteiger partial charge in [0.05, 0.1) is 20.3 Å². The predicted octanol–water partition coefficient (Wildman–Crippen LogP) is 3.62. The summed E-state index contributed by atoms with van der Waals surface area (Å²) in [6.07, 6.45) is 3.67. The van der Waals surface area contributed by atoms with E-state index in [4.69, 9.17) is 14.0 Å². The van der Waals surface area contributed by atoms with Crippen LogP contribution in [0.5, 0.6) is 11.5 Å². The fourth-order valence-corrected chi connectivity index (χ4v) is 3.37. The molecule has 1 saturated heterocycles. The van der Waals surface area contributed by atoms with Gasteiger partial charge in [0.2, 0.25) is 0 Å². The first-order chi connectivity index (χ1) is 12.2. The Morgan fingerprint density at radius 1 is 1.32 bits per heavy atom. The van der Waals surface area contributed by atoms with Crippen molar-refractivity contribution < 1.29 is 18.8 Å². The maximum Gasteiger partial charge on any atom is 0.261 e. The van der Waals surface area contributed by atoms with Gasteiger partial charge in [-0.2, -0.15) is 0 Å². The number of hydrogen-bond acceptors (Lipinski definition) is 5. The van der Waals surface area contributed by atoms with Gasteiger partial charge in [0.15, 0.2) is 0 Å². The molecule has 0 bridgehead atoms. The fraction of sp³-hybridized carbons (Fsp3) is 0.474. The molecule has 2 aromatic rings. The number of methoxy groups -OCH3 is 2. The number of hydrogen-bond donors (Lipinski definition) is 0. The smallest absolute Gasteiger partial charge is 0.261 e. The maximum atomic E-state index is 13.2. The van der Waals surface area contributed by atoms with Crippen LogP contribution >= 0.6 is 0 Å². The van der Waals surface area contributed by atoms with Gasteiger partial charge >= 0.3 is 0 Å². The van der Waals surface area contributed by atoms with Crippen LogP contribution in [-0.4, -0.2) is 36.7 Å². The number of ether oxygens (including phenoxy) is 2. The zero-order valence-corrected chi connectivity index (χ0v) is 14.9. The van der Waals surface area contributed by atoms with Crippen molar-refractivity contribution in [1.82, 2.24) is 10.1 Å². The van der Waals surface area contributed by atoms with Crippen molar-refractivity contribution >= 4 is 5.91 Å². The van der Waals surface area contributed by atoms with Crippen LogP contribution in [0.25, 0.3) is 0 Å². The second-order valence-electron chi connectivity index (χ2n) is 6.16. The normalized spacial score (nSPS) is 16.9. The van der Waals surface area contributed by atoms with Gasteiger partial charge in [0.1, 0.15) is 28.5 Å². The third-order valence-electron chi connectivity index (χ3n) is 4.57. The molecule has 1 aromatic heterocycles. The highest BCUT2D eigenvalue weighted by atomic mass is 16.5. The molecule has 1 atom stereocenters.